The van der Waals surface area contributed by atoms with E-state index in [4.69, 9.17) is 26.7 Å². The first kappa shape index (κ1) is 109. The van der Waals surface area contributed by atoms with Crippen LogP contribution in [0.5, 0.6) is 5.75 Å². The van der Waals surface area contributed by atoms with E-state index in [0.29, 0.717) is 97.7 Å². The lowest BCUT2D eigenvalue weighted by atomic mass is 9.46. The average molecular weight is 2040 g/mol. The number of imide groups is 1. The number of thioether (sulfide) groups is 1. The van der Waals surface area contributed by atoms with Gasteiger partial charge in [0.05, 0.1) is 110 Å². The van der Waals surface area contributed by atoms with Crippen molar-refractivity contribution in [3.8, 4) is 5.75 Å². The van der Waals surface area contributed by atoms with E-state index in [9.17, 15) is 108 Å². The molecule has 2 aromatic heterocycles. The molecule has 4 unspecified atom stereocenters. The first-order valence-corrected chi connectivity index (χ1v) is 50.0. The van der Waals surface area contributed by atoms with Crippen LogP contribution in [-0.4, -0.2) is 290 Å². The maximum absolute atomic E-state index is 15.6. The molecule has 1 saturated carbocycles. The third kappa shape index (κ3) is 22.9. The predicted octanol–water partition coefficient (Wildman–Crippen LogP) is 3.82. The molecular weight excluding hydrogens is 1910 g/mol. The highest BCUT2D eigenvalue weighted by Crippen LogP contribution is 2.69. The molecule has 6 aromatic rings. The van der Waals surface area contributed by atoms with Gasteiger partial charge in [0.15, 0.2) is 34.3 Å². The van der Waals surface area contributed by atoms with Crippen LogP contribution in [-0.2, 0) is 95.7 Å². The third-order valence-electron chi connectivity index (χ3n) is 30.5. The van der Waals surface area contributed by atoms with E-state index in [1.54, 1.807) is 45.2 Å². The average Bonchev–Trinajstić information content (AvgIpc) is 1.47. The first-order chi connectivity index (χ1) is 69.3. The Morgan fingerprint density at radius 2 is 1.40 bits per heavy atom. The number of Topliss-reactive ketones (excluding diaryl/α,β-unsaturated/α-hetero) is 3. The van der Waals surface area contributed by atoms with Gasteiger partial charge in [-0.1, -0.05) is 64.1 Å². The molecule has 6 fully saturated rings. The molecule has 146 heavy (non-hydrogen) atoms. The van der Waals surface area contributed by atoms with Gasteiger partial charge >= 0.3 is 35.8 Å². The number of piperidine rings is 2. The Bertz CT molecular complexity index is 6160. The second kappa shape index (κ2) is 45.9. The number of nitrogens with two attached hydrogens (primary N) is 3. The summed E-state index contributed by atoms with van der Waals surface area (Å²) in [5.41, 5.74) is 19.0. The first-order valence-electron chi connectivity index (χ1n) is 49.0. The van der Waals surface area contributed by atoms with Crippen molar-refractivity contribution in [3.63, 3.8) is 0 Å². The molecule has 0 radical (unpaired) electrons. The van der Waals surface area contributed by atoms with Crippen LogP contribution in [0.2, 0.25) is 0 Å². The number of anilines is 4. The minimum Gasteiger partial charge on any atom is -0.496 e. The summed E-state index contributed by atoms with van der Waals surface area (Å²) >= 11 is 1.16. The van der Waals surface area contributed by atoms with Crippen molar-refractivity contribution in [1.29, 1.82) is 0 Å². The van der Waals surface area contributed by atoms with E-state index < -0.39 is 208 Å². The van der Waals surface area contributed by atoms with Crippen molar-refractivity contribution >= 4 is 146 Å². The number of aliphatic hydroxyl groups excluding tert-OH is 1. The molecule has 20 N–H and O–H groups in total. The number of nitrogens with zero attached hydrogens (tertiary/aromatic N) is 9. The second-order valence-corrected chi connectivity index (χ2v) is 40.7. The van der Waals surface area contributed by atoms with Gasteiger partial charge in [-0.15, -0.1) is 11.8 Å². The summed E-state index contributed by atoms with van der Waals surface area (Å²) < 4.78 is 12.6. The van der Waals surface area contributed by atoms with Gasteiger partial charge in [-0.25, -0.2) is 25.1 Å². The number of aromatic amines is 1. The highest BCUT2D eigenvalue weighted by atomic mass is 32.2. The largest absolute Gasteiger partial charge is 0.496 e. The number of rotatable bonds is 43. The second-order valence-electron chi connectivity index (χ2n) is 39.5. The van der Waals surface area contributed by atoms with Crippen molar-refractivity contribution in [2.75, 3.05) is 87.1 Å². The number of benzene rings is 4. The Kier molecular flexibility index (Phi) is 34.4. The van der Waals surface area contributed by atoms with Crippen LogP contribution in [0.1, 0.15) is 206 Å². The van der Waals surface area contributed by atoms with Crippen LogP contribution in [0.25, 0.3) is 11.2 Å². The molecule has 44 nitrogen and oxygen atoms in total. The Morgan fingerprint density at radius 3 is 2.05 bits per heavy atom. The molecule has 45 heteroatoms. The number of nitrogens with one attached hydrogen (secondary N) is 6. The number of carboxylic acids is 5. The molecule has 6 aliphatic heterocycles. The normalized spacial score (nSPS) is 25.5. The van der Waals surface area contributed by atoms with Crippen molar-refractivity contribution in [2.45, 2.75) is 239 Å². The van der Waals surface area contributed by atoms with Crippen LogP contribution in [0.3, 0.4) is 0 Å². The van der Waals surface area contributed by atoms with Gasteiger partial charge in [-0.3, -0.25) is 86.8 Å². The number of likely N-dealkylation sites (N-methyl/N-ethyl adjacent to an activating group) is 1. The fourth-order valence-electron chi connectivity index (χ4n) is 23.5. The molecule has 6 amide bonds. The number of aromatic nitrogens is 4. The summed E-state index contributed by atoms with van der Waals surface area (Å²) in [6.45, 7) is 12.3. The zero-order valence-corrected chi connectivity index (χ0v) is 83.4. The van der Waals surface area contributed by atoms with E-state index in [1.165, 1.54) is 55.6 Å². The van der Waals surface area contributed by atoms with E-state index in [-0.39, 0.29) is 109 Å². The number of aliphatic hydroxyl groups is 3. The number of ether oxygens (including phenoxy) is 2. The fraction of sp³-hybridized carbons (Fsp3) is 0.535. The summed E-state index contributed by atoms with van der Waals surface area (Å²) in [5.74, 6) is -18.4. The zero-order chi connectivity index (χ0) is 106. The number of H-pyrrole nitrogens is 1. The third-order valence-corrected chi connectivity index (χ3v) is 32.0. The lowest BCUT2D eigenvalue weighted by Gasteiger charge is -2.64. The van der Waals surface area contributed by atoms with Gasteiger partial charge in [0.25, 0.3) is 17.4 Å². The van der Waals surface area contributed by atoms with E-state index >= 15 is 9.59 Å². The molecule has 19 atom stereocenters. The number of carboxylic acid groups (broad SMARTS) is 5. The fourth-order valence-corrected chi connectivity index (χ4v) is 24.7. The van der Waals surface area contributed by atoms with Crippen LogP contribution >= 0.6 is 11.8 Å². The van der Waals surface area contributed by atoms with Crippen molar-refractivity contribution < 1.29 is 122 Å². The number of hydrogen-bond donors (Lipinski definition) is 17. The SMILES string of the molecule is CCC(=O)[C@H](CC(=O)O)NC(=O)[C@H](CC(=O)O)CC(=O)[C@H](CCCN=C(N)N)NC(=O)[C@H](CC(=O)O)CC(=O)CC[C@H](NC(=O)c1ccc(NCc2cnc3nc(N)[nH]c(=O)c3n2)cc1)C(=O)O.CC[C@]1(O)C[C@H]2CN(CCC3c4ccccc4CC3[C@@](C(=O)OC)(c3cc4c(cc3OC)N(C)[C@H]3[C@@](O)(C(=O)N/N=C(\C)c5ccc(N6C(=O)CC(SC[C@H](C)C(=O)O)C6=O)cc5)[C@H](O)[C@]5(CC)CCCN6CC[C@]43[C@@H]65)C2)C1. The predicted molar refractivity (Wildman–Crippen MR) is 532 cm³/mol. The van der Waals surface area contributed by atoms with E-state index in [1.807, 2.05) is 31.9 Å². The smallest absolute Gasteiger partial charge is 0.326 e. The van der Waals surface area contributed by atoms with Crippen LogP contribution < -0.4 is 64.0 Å². The molecule has 4 aromatic carbocycles. The number of carbonyl (C=O) groups excluding carboxylic acids is 10. The van der Waals surface area contributed by atoms with Gasteiger partial charge in [-0.05, 0) is 186 Å². The standard InChI is InChI=1S/C60H76N6O11S.C41H52N12O15/c1-8-56(74)29-36-30-59(55(73)77-7,42-25-38-13-10-11-14-40(38)41(42)19-23-64(31-36)33-56)44-26-43-45(27-46(44)76-6)63(5)52-58(43)21-24-65-22-12-20-57(9-2,51(58)65)53(71)60(52,75)54(72)62-61-35(4)37-15-17-39(18-16-37)66-48(67)28-47(49(66)68)78-32-34(3)50(69)70;1-2-28(55)27(16-32(61)62)51-37(65)21(15-31(59)60)13-29(56)25(4-3-11-45-40(42)43)49-36(64)20(14-30(57)58)12-24(54)9-10-26(39(67)68)50-35(63)19-5-7-22(8-6-19)46-17-23-18-47-34-33(48-23)38(66)53-41(44)52-34/h10-11,13-18,26-27,34,36,41-42,47,51-53,71,74-75H,8-9,12,19-25,28-33H2,1-7H3,(H,62,72)(H,69,70);5-8,18,20-21,25-27,46H,2-4,9-17H2,1H3,(H,49,64)(H,50,63)(H,51,65)(H,57,58)(H,59,60)(H,61,62)(H,67,68)(H4,42,43,45)(H3,44,47,52,53,66)/b61-35+;/t34-,36+,41?,42?,47?,51-,52+,53+,56-,57+,58+,59+,60-;20-,21-,25-,26-,27-/m00/s1. The quantitative estimate of drug-likeness (QED) is 0.00646. The maximum Gasteiger partial charge on any atom is 0.326 e. The van der Waals surface area contributed by atoms with Gasteiger partial charge in [0.2, 0.25) is 29.6 Å². The Balaban J connectivity index is 0.000000247. The summed E-state index contributed by atoms with van der Waals surface area (Å²) in [6.07, 6.45) is -0.545. The molecule has 2 aliphatic carbocycles. The molecule has 5 saturated heterocycles. The van der Waals surface area contributed by atoms with Gasteiger partial charge < -0.3 is 98.6 Å². The number of guanidine groups is 1. The molecule has 1 spiro atoms. The highest BCUT2D eigenvalue weighted by Gasteiger charge is 2.79. The van der Waals surface area contributed by atoms with Crippen molar-refractivity contribution in [3.05, 3.63) is 141 Å². The van der Waals surface area contributed by atoms with Gasteiger partial charge in [0, 0.05) is 110 Å². The summed E-state index contributed by atoms with van der Waals surface area (Å²) in [4.78, 5) is 233. The van der Waals surface area contributed by atoms with Crippen molar-refractivity contribution in [1.82, 2.24) is 51.1 Å². The minimum absolute atomic E-state index is 0.00728. The Labute approximate surface area is 844 Å². The number of carbonyl (C=O) groups is 15. The number of fused-ring (bicyclic) bond motifs is 7. The monoisotopic (exact) mass is 2040 g/mol. The number of hydrogen-bond acceptors (Lipinski definition) is 32. The number of ketones is 3. The Hall–Kier alpha value is -13.8. The lowest BCUT2D eigenvalue weighted by Crippen LogP contribution is -2.82. The number of hydrazone groups is 1. The van der Waals surface area contributed by atoms with Crippen LogP contribution in [0.15, 0.2) is 106 Å². The molecule has 14 rings (SSSR count). The number of aliphatic imine (C=N–C) groups is 1. The number of methoxy groups -OCH3 is 2. The van der Waals surface area contributed by atoms with Crippen molar-refractivity contribution in [2.24, 2.45) is 56.6 Å². The molecule has 2 bridgehead atoms. The topological polar surface area (TPSA) is 684 Å². The lowest BCUT2D eigenvalue weighted by molar-refractivity contribution is -0.221. The molecule has 784 valence electrons. The minimum atomic E-state index is -2.42. The van der Waals surface area contributed by atoms with Crippen LogP contribution in [0, 0.1) is 35.0 Å². The Morgan fingerprint density at radius 1 is 0.726 bits per heavy atom. The summed E-state index contributed by atoms with van der Waals surface area (Å²) in [7, 11) is 4.97. The molecular formula is C101H128N18O26S. The molecule has 8 heterocycles. The number of nitrogen functional groups attached to an aromatic ring is 1. The number of esters is 1. The highest BCUT2D eigenvalue weighted by molar-refractivity contribution is 8.00. The van der Waals surface area contributed by atoms with Gasteiger partial charge in [-0.2, -0.15) is 10.1 Å². The maximum atomic E-state index is 15.6. The number of aliphatic carboxylic acids is 5. The van der Waals surface area contributed by atoms with Gasteiger partial charge in [0.1, 0.15) is 29.1 Å². The summed E-state index contributed by atoms with van der Waals surface area (Å²) in [5, 5.41) is 100. The van der Waals surface area contributed by atoms with E-state index in [0.717, 1.165) is 60.4 Å². The summed E-state index contributed by atoms with van der Waals surface area (Å²) in [6, 6.07) is 19.1. The molecule has 8 aliphatic rings. The zero-order valence-electron chi connectivity index (χ0n) is 82.6. The van der Waals surface area contributed by atoms with Crippen LogP contribution in [0.4, 0.5) is 23.0 Å². The number of amides is 6. The van der Waals surface area contributed by atoms with E-state index in [2.05, 4.69) is 96.9 Å².